The Morgan fingerprint density at radius 1 is 1.22 bits per heavy atom. The van der Waals surface area contributed by atoms with E-state index in [9.17, 15) is 14.7 Å². The van der Waals surface area contributed by atoms with Crippen LogP contribution in [-0.2, 0) is 4.79 Å². The summed E-state index contributed by atoms with van der Waals surface area (Å²) in [4.78, 5) is 26.3. The normalized spacial score (nSPS) is 20.2. The second-order valence-corrected chi connectivity index (χ2v) is 6.71. The zero-order valence-corrected chi connectivity index (χ0v) is 13.5. The topological polar surface area (TPSA) is 69.6 Å². The highest BCUT2D eigenvalue weighted by atomic mass is 16.3. The Kier molecular flexibility index (Phi) is 4.66. The summed E-state index contributed by atoms with van der Waals surface area (Å²) in [5, 5.41) is 12.5. The molecule has 1 aliphatic heterocycles. The van der Waals surface area contributed by atoms with Gasteiger partial charge in [-0.25, -0.2) is 0 Å². The van der Waals surface area contributed by atoms with Gasteiger partial charge >= 0.3 is 0 Å². The van der Waals surface area contributed by atoms with Crippen LogP contribution in [0.5, 0.6) is 0 Å². The van der Waals surface area contributed by atoms with E-state index in [2.05, 4.69) is 5.32 Å². The van der Waals surface area contributed by atoms with Crippen LogP contribution >= 0.6 is 0 Å². The molecule has 1 aliphatic carbocycles. The molecule has 5 heteroatoms. The van der Waals surface area contributed by atoms with E-state index in [1.807, 2.05) is 17.9 Å². The highest BCUT2D eigenvalue weighted by Crippen LogP contribution is 2.30. The number of aliphatic hydroxyl groups excluding tert-OH is 1. The first kappa shape index (κ1) is 16.0. The van der Waals surface area contributed by atoms with Crippen LogP contribution in [-0.4, -0.2) is 41.0 Å². The summed E-state index contributed by atoms with van der Waals surface area (Å²) in [6, 6.07) is 7.16. The standard InChI is InChI=1S/C18H24N2O3/c1-12(21)13-7-9-20(10-8-13)18(23)15-3-2-4-16(11-15)19-17(22)14-5-6-14/h2-4,11-14,21H,5-10H2,1H3,(H,19,22). The van der Waals surface area contributed by atoms with Gasteiger partial charge in [-0.3, -0.25) is 9.59 Å². The number of piperidine rings is 1. The van der Waals surface area contributed by atoms with Gasteiger partial charge in [0.1, 0.15) is 0 Å². The van der Waals surface area contributed by atoms with Crippen molar-refractivity contribution in [3.63, 3.8) is 0 Å². The molecule has 1 saturated carbocycles. The molecule has 2 fully saturated rings. The zero-order chi connectivity index (χ0) is 16.4. The highest BCUT2D eigenvalue weighted by Gasteiger charge is 2.30. The largest absolute Gasteiger partial charge is 0.393 e. The third-order valence-corrected chi connectivity index (χ3v) is 4.83. The number of likely N-dealkylation sites (tertiary alicyclic amines) is 1. The van der Waals surface area contributed by atoms with Gasteiger partial charge in [0.25, 0.3) is 5.91 Å². The molecule has 0 spiro atoms. The monoisotopic (exact) mass is 316 g/mol. The predicted molar refractivity (Wildman–Crippen MR) is 88.1 cm³/mol. The molecule has 1 unspecified atom stereocenters. The van der Waals surface area contributed by atoms with Crippen molar-refractivity contribution in [1.82, 2.24) is 4.90 Å². The molecule has 3 rings (SSSR count). The van der Waals surface area contributed by atoms with E-state index in [4.69, 9.17) is 0 Å². The van der Waals surface area contributed by atoms with Crippen molar-refractivity contribution in [1.29, 1.82) is 0 Å². The molecule has 1 aromatic carbocycles. The van der Waals surface area contributed by atoms with Gasteiger partial charge in [-0.1, -0.05) is 6.07 Å². The molecule has 1 atom stereocenters. The molecule has 0 radical (unpaired) electrons. The van der Waals surface area contributed by atoms with Gasteiger partial charge < -0.3 is 15.3 Å². The first-order chi connectivity index (χ1) is 11.0. The smallest absolute Gasteiger partial charge is 0.253 e. The maximum atomic E-state index is 12.6. The van der Waals surface area contributed by atoms with Gasteiger partial charge in [-0.05, 0) is 56.7 Å². The van der Waals surface area contributed by atoms with Gasteiger partial charge in [0.2, 0.25) is 5.91 Å². The molecule has 23 heavy (non-hydrogen) atoms. The predicted octanol–water partition coefficient (Wildman–Crippen LogP) is 2.27. The van der Waals surface area contributed by atoms with Crippen molar-refractivity contribution in [3.05, 3.63) is 29.8 Å². The number of carbonyl (C=O) groups is 2. The van der Waals surface area contributed by atoms with Gasteiger partial charge in [0, 0.05) is 30.3 Å². The maximum Gasteiger partial charge on any atom is 0.253 e. The number of benzene rings is 1. The number of rotatable bonds is 4. The molecule has 1 heterocycles. The average Bonchev–Trinajstić information content (AvgIpc) is 3.39. The van der Waals surface area contributed by atoms with E-state index in [-0.39, 0.29) is 29.8 Å². The third kappa shape index (κ3) is 3.91. The zero-order valence-electron chi connectivity index (χ0n) is 13.5. The molecule has 2 aliphatic rings. The molecular weight excluding hydrogens is 292 g/mol. The number of hydrogen-bond acceptors (Lipinski definition) is 3. The number of carbonyl (C=O) groups excluding carboxylic acids is 2. The molecule has 1 aromatic rings. The van der Waals surface area contributed by atoms with E-state index in [1.165, 1.54) is 0 Å². The van der Waals surface area contributed by atoms with E-state index in [0.717, 1.165) is 25.7 Å². The third-order valence-electron chi connectivity index (χ3n) is 4.83. The van der Waals surface area contributed by atoms with E-state index >= 15 is 0 Å². The van der Waals surface area contributed by atoms with Crippen molar-refractivity contribution in [2.45, 2.75) is 38.7 Å². The van der Waals surface area contributed by atoms with Crippen LogP contribution in [0, 0.1) is 11.8 Å². The number of nitrogens with one attached hydrogen (secondary N) is 1. The number of anilines is 1. The number of hydrogen-bond donors (Lipinski definition) is 2. The van der Waals surface area contributed by atoms with Crippen LogP contribution in [0.2, 0.25) is 0 Å². The molecule has 124 valence electrons. The Morgan fingerprint density at radius 2 is 1.91 bits per heavy atom. The first-order valence-electron chi connectivity index (χ1n) is 8.43. The summed E-state index contributed by atoms with van der Waals surface area (Å²) in [5.74, 6) is 0.473. The van der Waals surface area contributed by atoms with Gasteiger partial charge in [-0.2, -0.15) is 0 Å². The lowest BCUT2D eigenvalue weighted by Crippen LogP contribution is -2.40. The molecular formula is C18H24N2O3. The fraction of sp³-hybridized carbons (Fsp3) is 0.556. The van der Waals surface area contributed by atoms with E-state index < -0.39 is 0 Å². The fourth-order valence-corrected chi connectivity index (χ4v) is 3.09. The van der Waals surface area contributed by atoms with Crippen LogP contribution < -0.4 is 5.32 Å². The van der Waals surface area contributed by atoms with Crippen molar-refractivity contribution in [2.24, 2.45) is 11.8 Å². The van der Waals surface area contributed by atoms with Crippen LogP contribution in [0.4, 0.5) is 5.69 Å². The number of aliphatic hydroxyl groups is 1. The second-order valence-electron chi connectivity index (χ2n) is 6.71. The summed E-state index contributed by atoms with van der Waals surface area (Å²) in [6.07, 6.45) is 3.28. The quantitative estimate of drug-likeness (QED) is 0.895. The minimum atomic E-state index is -0.312. The molecule has 2 amide bonds. The lowest BCUT2D eigenvalue weighted by molar-refractivity contribution is -0.117. The molecule has 5 nitrogen and oxygen atoms in total. The average molecular weight is 316 g/mol. The summed E-state index contributed by atoms with van der Waals surface area (Å²) >= 11 is 0. The summed E-state index contributed by atoms with van der Waals surface area (Å²) < 4.78 is 0. The van der Waals surface area contributed by atoms with Crippen LogP contribution in [0.15, 0.2) is 24.3 Å². The Labute approximate surface area is 136 Å². The maximum absolute atomic E-state index is 12.6. The van der Waals surface area contributed by atoms with Crippen LogP contribution in [0.1, 0.15) is 43.0 Å². The van der Waals surface area contributed by atoms with Gasteiger partial charge in [0.05, 0.1) is 6.10 Å². The molecule has 2 N–H and O–H groups in total. The van der Waals surface area contributed by atoms with Crippen molar-refractivity contribution in [2.75, 3.05) is 18.4 Å². The SMILES string of the molecule is CC(O)C1CCN(C(=O)c2cccc(NC(=O)C3CC3)c2)CC1. The molecule has 1 saturated heterocycles. The molecule has 0 aromatic heterocycles. The minimum Gasteiger partial charge on any atom is -0.393 e. The Hall–Kier alpha value is -1.88. The van der Waals surface area contributed by atoms with E-state index in [0.29, 0.717) is 24.3 Å². The lowest BCUT2D eigenvalue weighted by atomic mass is 9.92. The van der Waals surface area contributed by atoms with Crippen LogP contribution in [0.3, 0.4) is 0 Å². The van der Waals surface area contributed by atoms with Gasteiger partial charge in [0.15, 0.2) is 0 Å². The first-order valence-corrected chi connectivity index (χ1v) is 8.43. The lowest BCUT2D eigenvalue weighted by Gasteiger charge is -2.33. The summed E-state index contributed by atoms with van der Waals surface area (Å²) in [6.45, 7) is 3.16. The summed E-state index contributed by atoms with van der Waals surface area (Å²) in [5.41, 5.74) is 1.29. The van der Waals surface area contributed by atoms with Crippen molar-refractivity contribution < 1.29 is 14.7 Å². The van der Waals surface area contributed by atoms with Gasteiger partial charge in [-0.15, -0.1) is 0 Å². The highest BCUT2D eigenvalue weighted by molar-refractivity contribution is 5.98. The number of nitrogens with zero attached hydrogens (tertiary/aromatic N) is 1. The summed E-state index contributed by atoms with van der Waals surface area (Å²) in [7, 11) is 0. The van der Waals surface area contributed by atoms with Crippen LogP contribution in [0.25, 0.3) is 0 Å². The van der Waals surface area contributed by atoms with E-state index in [1.54, 1.807) is 18.2 Å². The fourth-order valence-electron chi connectivity index (χ4n) is 3.09. The molecule has 0 bridgehead atoms. The second kappa shape index (κ2) is 6.71. The van der Waals surface area contributed by atoms with Crippen molar-refractivity contribution in [3.8, 4) is 0 Å². The Balaban J connectivity index is 1.62. The number of amides is 2. The van der Waals surface area contributed by atoms with Crippen molar-refractivity contribution >= 4 is 17.5 Å². The Morgan fingerprint density at radius 3 is 2.52 bits per heavy atom. The minimum absolute atomic E-state index is 0.00318. The Bertz CT molecular complexity index is 588.